The third-order valence-electron chi connectivity index (χ3n) is 2.30. The maximum Gasteiger partial charge on any atom is 0.0714 e. The molecule has 16 heavy (non-hydrogen) atoms. The highest BCUT2D eigenvalue weighted by atomic mass is 32.2. The maximum absolute atomic E-state index is 11.0. The van der Waals surface area contributed by atoms with Gasteiger partial charge >= 0.3 is 0 Å². The molecule has 86 valence electrons. The van der Waals surface area contributed by atoms with Gasteiger partial charge in [-0.2, -0.15) is 0 Å². The molecule has 0 N–H and O–H groups in total. The molecule has 0 radical (unpaired) electrons. The Hall–Kier alpha value is -1.15. The number of hydrogen-bond donors (Lipinski definition) is 0. The van der Waals surface area contributed by atoms with Crippen LogP contribution in [0.1, 0.15) is 12.5 Å². The molecule has 1 aromatic carbocycles. The van der Waals surface area contributed by atoms with Gasteiger partial charge < -0.3 is 4.55 Å². The lowest BCUT2D eigenvalue weighted by atomic mass is 10.1. The molecule has 1 unspecified atom stereocenters. The van der Waals surface area contributed by atoms with E-state index in [2.05, 4.69) is 5.92 Å². The number of hydrogen-bond acceptors (Lipinski definition) is 2. The molecule has 0 aromatic heterocycles. The molecule has 0 spiro atoms. The minimum atomic E-state index is -2.27. The SMILES string of the molecule is C#CCN([C@H](C)Cc1ccccc1)S(=O)[O-]. The van der Waals surface area contributed by atoms with Crippen molar-refractivity contribution in [1.82, 2.24) is 4.31 Å². The average molecular weight is 236 g/mol. The summed E-state index contributed by atoms with van der Waals surface area (Å²) in [6.45, 7) is 1.96. The first kappa shape index (κ1) is 12.9. The summed E-state index contributed by atoms with van der Waals surface area (Å²) in [5.74, 6) is 2.35. The zero-order chi connectivity index (χ0) is 12.0. The maximum atomic E-state index is 11.0. The van der Waals surface area contributed by atoms with Crippen molar-refractivity contribution in [3.8, 4) is 12.3 Å². The van der Waals surface area contributed by atoms with Gasteiger partial charge in [-0.25, -0.2) is 4.31 Å². The lowest BCUT2D eigenvalue weighted by molar-refractivity contribution is 0.348. The van der Waals surface area contributed by atoms with Crippen molar-refractivity contribution in [2.45, 2.75) is 19.4 Å². The average Bonchev–Trinajstić information content (AvgIpc) is 2.26. The van der Waals surface area contributed by atoms with E-state index in [9.17, 15) is 8.76 Å². The molecule has 0 saturated carbocycles. The molecule has 0 aliphatic rings. The van der Waals surface area contributed by atoms with Gasteiger partial charge in [0.2, 0.25) is 0 Å². The second-order valence-electron chi connectivity index (χ2n) is 3.54. The van der Waals surface area contributed by atoms with Crippen LogP contribution in [-0.4, -0.2) is 25.7 Å². The molecule has 0 amide bonds. The van der Waals surface area contributed by atoms with Gasteiger partial charge in [0.25, 0.3) is 0 Å². The Morgan fingerprint density at radius 3 is 2.62 bits per heavy atom. The Labute approximate surface area is 98.9 Å². The Kier molecular flexibility index (Phi) is 5.20. The fraction of sp³-hybridized carbons (Fsp3) is 0.333. The van der Waals surface area contributed by atoms with E-state index in [0.29, 0.717) is 6.42 Å². The Bertz CT molecular complexity index is 386. The monoisotopic (exact) mass is 236 g/mol. The summed E-state index contributed by atoms with van der Waals surface area (Å²) >= 11 is -2.27. The lowest BCUT2D eigenvalue weighted by Gasteiger charge is -2.28. The van der Waals surface area contributed by atoms with E-state index in [1.807, 2.05) is 37.3 Å². The summed E-state index contributed by atoms with van der Waals surface area (Å²) in [6.07, 6.45) is 5.80. The molecule has 1 aromatic rings. The van der Waals surface area contributed by atoms with Crippen molar-refractivity contribution < 1.29 is 8.76 Å². The van der Waals surface area contributed by atoms with Crippen LogP contribution in [0.4, 0.5) is 0 Å². The molecule has 3 nitrogen and oxygen atoms in total. The largest absolute Gasteiger partial charge is 0.760 e. The highest BCUT2D eigenvalue weighted by Crippen LogP contribution is 2.09. The second kappa shape index (κ2) is 6.44. The van der Waals surface area contributed by atoms with Gasteiger partial charge in [0, 0.05) is 17.3 Å². The topological polar surface area (TPSA) is 43.4 Å². The molecular formula is C12H14NO2S-. The number of terminal acetylenes is 1. The van der Waals surface area contributed by atoms with Gasteiger partial charge in [0.15, 0.2) is 0 Å². The molecular weight excluding hydrogens is 222 g/mol. The van der Waals surface area contributed by atoms with Crippen molar-refractivity contribution in [3.05, 3.63) is 35.9 Å². The quantitative estimate of drug-likeness (QED) is 0.572. The first-order valence-corrected chi connectivity index (χ1v) is 6.01. The van der Waals surface area contributed by atoms with E-state index in [1.54, 1.807) is 0 Å². The fourth-order valence-corrected chi connectivity index (χ4v) is 2.05. The van der Waals surface area contributed by atoms with Crippen LogP contribution in [0.25, 0.3) is 0 Å². The Balaban J connectivity index is 2.66. The van der Waals surface area contributed by atoms with Crippen LogP contribution >= 0.6 is 0 Å². The van der Waals surface area contributed by atoms with Crippen LogP contribution in [0.15, 0.2) is 30.3 Å². The van der Waals surface area contributed by atoms with E-state index < -0.39 is 11.3 Å². The first-order chi connectivity index (χ1) is 7.65. The van der Waals surface area contributed by atoms with Gasteiger partial charge in [-0.1, -0.05) is 36.3 Å². The molecule has 0 saturated heterocycles. The number of rotatable bonds is 5. The molecule has 4 heteroatoms. The number of nitrogens with zero attached hydrogens (tertiary/aromatic N) is 1. The highest BCUT2D eigenvalue weighted by Gasteiger charge is 2.13. The fourth-order valence-electron chi connectivity index (χ4n) is 1.50. The van der Waals surface area contributed by atoms with Gasteiger partial charge in [-0.15, -0.1) is 6.42 Å². The summed E-state index contributed by atoms with van der Waals surface area (Å²) in [4.78, 5) is 0. The molecule has 0 heterocycles. The van der Waals surface area contributed by atoms with E-state index in [0.717, 1.165) is 5.56 Å². The molecule has 0 aliphatic carbocycles. The van der Waals surface area contributed by atoms with Crippen molar-refractivity contribution in [2.75, 3.05) is 6.54 Å². The molecule has 0 fully saturated rings. The van der Waals surface area contributed by atoms with Crippen molar-refractivity contribution in [1.29, 1.82) is 0 Å². The lowest BCUT2D eigenvalue weighted by Crippen LogP contribution is -2.36. The van der Waals surface area contributed by atoms with Crippen LogP contribution in [0.5, 0.6) is 0 Å². The molecule has 1 rings (SSSR count). The zero-order valence-corrected chi connectivity index (χ0v) is 9.94. The molecule has 0 bridgehead atoms. The number of benzene rings is 1. The summed E-state index contributed by atoms with van der Waals surface area (Å²) in [5, 5.41) is 0. The summed E-state index contributed by atoms with van der Waals surface area (Å²) < 4.78 is 23.2. The van der Waals surface area contributed by atoms with Crippen LogP contribution in [0.2, 0.25) is 0 Å². The van der Waals surface area contributed by atoms with E-state index in [-0.39, 0.29) is 12.6 Å². The van der Waals surface area contributed by atoms with Crippen LogP contribution in [0, 0.1) is 12.3 Å². The molecule has 2 atom stereocenters. The highest BCUT2D eigenvalue weighted by molar-refractivity contribution is 7.76. The molecule has 0 aliphatic heterocycles. The smallest absolute Gasteiger partial charge is 0.0714 e. The van der Waals surface area contributed by atoms with E-state index in [1.165, 1.54) is 4.31 Å². The van der Waals surface area contributed by atoms with Gasteiger partial charge in [-0.3, -0.25) is 4.21 Å². The van der Waals surface area contributed by atoms with Crippen molar-refractivity contribution in [2.24, 2.45) is 0 Å². The van der Waals surface area contributed by atoms with Gasteiger partial charge in [0.05, 0.1) is 6.54 Å². The Morgan fingerprint density at radius 1 is 1.50 bits per heavy atom. The van der Waals surface area contributed by atoms with Crippen molar-refractivity contribution >= 4 is 11.3 Å². The third-order valence-corrected chi connectivity index (χ3v) is 3.18. The van der Waals surface area contributed by atoms with Crippen LogP contribution in [0.3, 0.4) is 0 Å². The van der Waals surface area contributed by atoms with E-state index in [4.69, 9.17) is 6.42 Å². The minimum Gasteiger partial charge on any atom is -0.760 e. The normalized spacial score (nSPS) is 14.4. The predicted octanol–water partition coefficient (Wildman–Crippen LogP) is 1.35. The van der Waals surface area contributed by atoms with E-state index >= 15 is 0 Å². The Morgan fingerprint density at radius 2 is 2.12 bits per heavy atom. The summed E-state index contributed by atoms with van der Waals surface area (Å²) in [6, 6.07) is 9.61. The van der Waals surface area contributed by atoms with Crippen LogP contribution < -0.4 is 0 Å². The zero-order valence-electron chi connectivity index (χ0n) is 9.13. The van der Waals surface area contributed by atoms with Crippen molar-refractivity contribution in [3.63, 3.8) is 0 Å². The van der Waals surface area contributed by atoms with Gasteiger partial charge in [-0.05, 0) is 18.9 Å². The first-order valence-electron chi connectivity index (χ1n) is 4.98. The van der Waals surface area contributed by atoms with Crippen LogP contribution in [-0.2, 0) is 17.7 Å². The second-order valence-corrected chi connectivity index (χ2v) is 4.44. The van der Waals surface area contributed by atoms with Gasteiger partial charge in [0.1, 0.15) is 0 Å². The summed E-state index contributed by atoms with van der Waals surface area (Å²) in [7, 11) is 0. The minimum absolute atomic E-state index is 0.115. The standard InChI is InChI=1S/C12H15NO2S/c1-3-9-13(16(14)15)11(2)10-12-7-5-4-6-8-12/h1,4-8,11H,9-10H2,2H3,(H,14,15)/p-1/t11-/m1/s1. The predicted molar refractivity (Wildman–Crippen MR) is 64.1 cm³/mol. The summed E-state index contributed by atoms with van der Waals surface area (Å²) in [5.41, 5.74) is 1.10. The third kappa shape index (κ3) is 3.78.